The van der Waals surface area contributed by atoms with Gasteiger partial charge in [-0.3, -0.25) is 29.0 Å². The van der Waals surface area contributed by atoms with E-state index in [0.717, 1.165) is 6.07 Å². The number of furan rings is 1. The molecule has 3 rings (SSSR count). The van der Waals surface area contributed by atoms with Gasteiger partial charge in [0.05, 0.1) is 19.0 Å². The quantitative estimate of drug-likeness (QED) is 0.191. The number of nitrogens with two attached hydrogens (primary N) is 1. The number of rotatable bonds is 9. The summed E-state index contributed by atoms with van der Waals surface area (Å²) in [5.74, 6) is -0.533. The van der Waals surface area contributed by atoms with E-state index in [0.29, 0.717) is 0 Å². The fourth-order valence-electron chi connectivity index (χ4n) is 2.22. The molecule has 0 spiro atoms. The Balaban J connectivity index is 1.49. The number of hydrogen-bond acceptors (Lipinski definition) is 10. The average Bonchev–Trinajstić information content (AvgIpc) is 3.24. The maximum Gasteiger partial charge on any atom is 0.433 e. The molecule has 0 amide bonds. The minimum absolute atomic E-state index is 0.0000222. The van der Waals surface area contributed by atoms with Crippen molar-refractivity contribution in [3.8, 4) is 0 Å². The number of ether oxygens (including phenoxy) is 1. The average molecular weight is 414 g/mol. The van der Waals surface area contributed by atoms with E-state index >= 15 is 0 Å². The summed E-state index contributed by atoms with van der Waals surface area (Å²) in [6, 6.07) is 2.38. The minimum atomic E-state index is -4.11. The molecule has 0 aliphatic heterocycles. The highest BCUT2D eigenvalue weighted by atomic mass is 31.2. The van der Waals surface area contributed by atoms with Gasteiger partial charge in [0.2, 0.25) is 5.95 Å². The number of hydrogen-bond donors (Lipinski definition) is 3. The standard InChI is InChI=1S/C13H15N6O8P/c14-13-16-11-10(12(20)17-13)15-6-18(11)3-4-25-7-28(23,24)26-5-8-1-2-9(27-8)19(21)22/h1-2,6H,3-5,7H2,(H,23,24)(H3,14,16,17,20). The summed E-state index contributed by atoms with van der Waals surface area (Å²) in [5, 5.41) is 10.5. The lowest BCUT2D eigenvalue weighted by molar-refractivity contribution is -0.402. The van der Waals surface area contributed by atoms with Crippen molar-refractivity contribution in [2.24, 2.45) is 0 Å². The van der Waals surface area contributed by atoms with Gasteiger partial charge in [0.15, 0.2) is 11.2 Å². The lowest BCUT2D eigenvalue weighted by Gasteiger charge is -2.12. The first-order chi connectivity index (χ1) is 13.2. The molecular weight excluding hydrogens is 399 g/mol. The monoisotopic (exact) mass is 414 g/mol. The number of aromatic amines is 1. The third-order valence-electron chi connectivity index (χ3n) is 3.46. The predicted octanol–water partition coefficient (Wildman–Crippen LogP) is 0.579. The Labute approximate surface area is 155 Å². The van der Waals surface area contributed by atoms with Gasteiger partial charge >= 0.3 is 13.5 Å². The highest BCUT2D eigenvalue weighted by Crippen LogP contribution is 2.42. The van der Waals surface area contributed by atoms with Crippen LogP contribution in [0.2, 0.25) is 0 Å². The molecule has 0 radical (unpaired) electrons. The molecule has 150 valence electrons. The summed E-state index contributed by atoms with van der Waals surface area (Å²) in [6.45, 7) is -0.236. The number of nitro groups is 1. The zero-order valence-corrected chi connectivity index (χ0v) is 15.1. The van der Waals surface area contributed by atoms with Crippen LogP contribution in [0.1, 0.15) is 5.76 Å². The van der Waals surface area contributed by atoms with Gasteiger partial charge in [-0.15, -0.1) is 0 Å². The molecule has 3 aromatic heterocycles. The van der Waals surface area contributed by atoms with Crippen molar-refractivity contribution < 1.29 is 28.1 Å². The number of imidazole rings is 1. The predicted molar refractivity (Wildman–Crippen MR) is 93.4 cm³/mol. The second-order valence-corrected chi connectivity index (χ2v) is 7.30. The van der Waals surface area contributed by atoms with Gasteiger partial charge in [0, 0.05) is 6.54 Å². The van der Waals surface area contributed by atoms with Gasteiger partial charge in [-0.2, -0.15) is 4.98 Å². The fraction of sp³-hybridized carbons (Fsp3) is 0.308. The minimum Gasteiger partial charge on any atom is -0.403 e. The van der Waals surface area contributed by atoms with E-state index in [9.17, 15) is 24.4 Å². The zero-order valence-electron chi connectivity index (χ0n) is 14.2. The van der Waals surface area contributed by atoms with Crippen molar-refractivity contribution in [1.82, 2.24) is 19.5 Å². The topological polar surface area (TPSA) is 202 Å². The Morgan fingerprint density at radius 3 is 2.96 bits per heavy atom. The van der Waals surface area contributed by atoms with E-state index in [1.807, 2.05) is 0 Å². The molecule has 0 aliphatic carbocycles. The Hall–Kier alpha value is -3.06. The van der Waals surface area contributed by atoms with Gasteiger partial charge in [0.1, 0.15) is 23.6 Å². The van der Waals surface area contributed by atoms with Crippen LogP contribution in [-0.2, 0) is 27.0 Å². The SMILES string of the molecule is Nc1nc2c(ncn2CCOCP(=O)(O)OCc2ccc([N+](=O)[O-])o2)c(=O)[nH]1. The molecule has 15 heteroatoms. The lowest BCUT2D eigenvalue weighted by Crippen LogP contribution is -2.13. The van der Waals surface area contributed by atoms with Crippen LogP contribution in [0.3, 0.4) is 0 Å². The summed E-state index contributed by atoms with van der Waals surface area (Å²) < 4.78 is 28.2. The fourth-order valence-corrected chi connectivity index (χ4v) is 2.98. The van der Waals surface area contributed by atoms with Crippen LogP contribution in [0.4, 0.5) is 11.8 Å². The summed E-state index contributed by atoms with van der Waals surface area (Å²) in [4.78, 5) is 41.4. The van der Waals surface area contributed by atoms with E-state index in [1.54, 1.807) is 0 Å². The number of nitrogen functional groups attached to an aromatic ring is 1. The highest BCUT2D eigenvalue weighted by Gasteiger charge is 2.22. The van der Waals surface area contributed by atoms with Gasteiger partial charge in [0.25, 0.3) is 5.56 Å². The second-order valence-electron chi connectivity index (χ2n) is 5.51. The molecule has 0 saturated carbocycles. The smallest absolute Gasteiger partial charge is 0.403 e. The molecule has 1 unspecified atom stereocenters. The van der Waals surface area contributed by atoms with E-state index in [2.05, 4.69) is 15.0 Å². The summed E-state index contributed by atoms with van der Waals surface area (Å²) in [5.41, 5.74) is 5.38. The number of H-pyrrole nitrogens is 1. The van der Waals surface area contributed by atoms with Crippen molar-refractivity contribution in [3.05, 3.63) is 44.7 Å². The molecule has 1 atom stereocenters. The number of aromatic nitrogens is 4. The molecule has 14 nitrogen and oxygen atoms in total. The summed E-state index contributed by atoms with van der Waals surface area (Å²) in [7, 11) is -4.11. The number of anilines is 1. The molecule has 0 fully saturated rings. The molecule has 0 aliphatic rings. The molecule has 0 aromatic carbocycles. The lowest BCUT2D eigenvalue weighted by atomic mass is 10.5. The molecule has 28 heavy (non-hydrogen) atoms. The van der Waals surface area contributed by atoms with Crippen LogP contribution in [0.15, 0.2) is 27.7 Å². The van der Waals surface area contributed by atoms with Gasteiger partial charge in [-0.25, -0.2) is 4.98 Å². The van der Waals surface area contributed by atoms with Gasteiger partial charge in [-0.1, -0.05) is 0 Å². The van der Waals surface area contributed by atoms with Crippen molar-refractivity contribution in [2.45, 2.75) is 13.2 Å². The zero-order chi connectivity index (χ0) is 20.3. The first kappa shape index (κ1) is 19.7. The van der Waals surface area contributed by atoms with Gasteiger partial charge < -0.3 is 24.3 Å². The van der Waals surface area contributed by atoms with Crippen LogP contribution in [0.5, 0.6) is 0 Å². The van der Waals surface area contributed by atoms with Crippen LogP contribution >= 0.6 is 7.60 Å². The second kappa shape index (κ2) is 7.90. The number of fused-ring (bicyclic) bond motifs is 1. The molecule has 3 heterocycles. The van der Waals surface area contributed by atoms with Crippen molar-refractivity contribution in [2.75, 3.05) is 18.7 Å². The Kier molecular flexibility index (Phi) is 5.56. The summed E-state index contributed by atoms with van der Waals surface area (Å²) >= 11 is 0. The Morgan fingerprint density at radius 1 is 1.46 bits per heavy atom. The molecule has 3 aromatic rings. The maximum atomic E-state index is 11.9. The van der Waals surface area contributed by atoms with Crippen LogP contribution < -0.4 is 11.3 Å². The first-order valence-electron chi connectivity index (χ1n) is 7.73. The Bertz CT molecular complexity index is 1100. The van der Waals surface area contributed by atoms with Crippen LogP contribution in [-0.4, -0.2) is 42.3 Å². The molecular formula is C13H15N6O8P. The normalized spacial score (nSPS) is 13.6. The van der Waals surface area contributed by atoms with Crippen molar-refractivity contribution in [1.29, 1.82) is 0 Å². The highest BCUT2D eigenvalue weighted by molar-refractivity contribution is 7.52. The molecule has 4 N–H and O–H groups in total. The first-order valence-corrected chi connectivity index (χ1v) is 9.49. The van der Waals surface area contributed by atoms with Crippen LogP contribution in [0.25, 0.3) is 11.2 Å². The summed E-state index contributed by atoms with van der Waals surface area (Å²) in [6.07, 6.45) is 0.757. The van der Waals surface area contributed by atoms with E-state index in [1.165, 1.54) is 17.0 Å². The molecule has 0 saturated heterocycles. The number of nitrogens with zero attached hydrogens (tertiary/aromatic N) is 4. The van der Waals surface area contributed by atoms with Crippen molar-refractivity contribution in [3.63, 3.8) is 0 Å². The van der Waals surface area contributed by atoms with Gasteiger partial charge in [-0.05, 0) is 6.07 Å². The van der Waals surface area contributed by atoms with E-state index in [-0.39, 0.29) is 36.0 Å². The number of nitrogens with one attached hydrogen (secondary N) is 1. The Morgan fingerprint density at radius 2 is 2.25 bits per heavy atom. The maximum absolute atomic E-state index is 11.9. The third kappa shape index (κ3) is 4.61. The van der Waals surface area contributed by atoms with Crippen molar-refractivity contribution >= 4 is 30.6 Å². The van der Waals surface area contributed by atoms with E-state index in [4.69, 9.17) is 19.4 Å². The van der Waals surface area contributed by atoms with Crippen LogP contribution in [0, 0.1) is 10.1 Å². The van der Waals surface area contributed by atoms with E-state index < -0.39 is 36.9 Å². The largest absolute Gasteiger partial charge is 0.433 e. The molecule has 0 bridgehead atoms. The third-order valence-corrected chi connectivity index (χ3v) is 4.50.